The summed E-state index contributed by atoms with van der Waals surface area (Å²) in [7, 11) is -4.59. The van der Waals surface area contributed by atoms with Crippen LogP contribution in [0.15, 0.2) is 35.2 Å². The molecule has 2 aliphatic rings. The zero-order chi connectivity index (χ0) is 23.0. The van der Waals surface area contributed by atoms with E-state index in [0.29, 0.717) is 0 Å². The third kappa shape index (κ3) is 5.27. The first-order valence-electron chi connectivity index (χ1n) is 10.3. The van der Waals surface area contributed by atoms with E-state index in [1.165, 1.54) is 19.2 Å². The van der Waals surface area contributed by atoms with Gasteiger partial charge in [0.05, 0.1) is 11.5 Å². The van der Waals surface area contributed by atoms with Gasteiger partial charge in [-0.05, 0) is 30.3 Å². The van der Waals surface area contributed by atoms with Crippen molar-refractivity contribution in [1.29, 1.82) is 0 Å². The van der Waals surface area contributed by atoms with Crippen LogP contribution in [0, 0.1) is 0 Å². The Morgan fingerprint density at radius 3 is 2.35 bits per heavy atom. The fourth-order valence-electron chi connectivity index (χ4n) is 3.29. The Bertz CT molecular complexity index is 880. The Kier molecular flexibility index (Phi) is 7.12. The third-order valence-corrected chi connectivity index (χ3v) is 12.3. The van der Waals surface area contributed by atoms with Gasteiger partial charge in [-0.2, -0.15) is 0 Å². The summed E-state index contributed by atoms with van der Waals surface area (Å²) < 4.78 is 54.5. The van der Waals surface area contributed by atoms with E-state index in [0.717, 1.165) is 0 Å². The second-order valence-corrected chi connectivity index (χ2v) is 16.2. The van der Waals surface area contributed by atoms with Gasteiger partial charge in [0.2, 0.25) is 12.1 Å². The lowest BCUT2D eigenvalue weighted by Gasteiger charge is -2.48. The fourth-order valence-corrected chi connectivity index (χ4v) is 5.82. The van der Waals surface area contributed by atoms with Gasteiger partial charge >= 0.3 is 0 Å². The van der Waals surface area contributed by atoms with E-state index in [-0.39, 0.29) is 28.1 Å². The Balaban J connectivity index is 1.82. The molecule has 0 spiro atoms. The maximum atomic E-state index is 13.0. The molecule has 5 atom stereocenters. The molecule has 2 fully saturated rings. The third-order valence-electron chi connectivity index (χ3n) is 6.13. The molecule has 0 amide bonds. The van der Waals surface area contributed by atoms with E-state index in [2.05, 4.69) is 20.8 Å². The van der Waals surface area contributed by atoms with Gasteiger partial charge in [-0.1, -0.05) is 39.0 Å². The molecular formula is C21H32O8SSi. The van der Waals surface area contributed by atoms with Crippen LogP contribution in [-0.2, 0) is 38.0 Å². The molecule has 8 nitrogen and oxygen atoms in total. The lowest BCUT2D eigenvalue weighted by Crippen LogP contribution is -2.65. The van der Waals surface area contributed by atoms with Gasteiger partial charge in [-0.3, -0.25) is 4.79 Å². The minimum Gasteiger partial charge on any atom is -0.404 e. The van der Waals surface area contributed by atoms with Crippen molar-refractivity contribution in [2.24, 2.45) is 0 Å². The molecule has 0 bridgehead atoms. The summed E-state index contributed by atoms with van der Waals surface area (Å²) in [5, 5.41) is -0.134. The number of carbonyl (C=O) groups is 1. The molecule has 0 aromatic heterocycles. The zero-order valence-corrected chi connectivity index (χ0v) is 20.7. The van der Waals surface area contributed by atoms with E-state index < -0.39 is 49.0 Å². The molecule has 0 aliphatic carbocycles. The molecule has 2 saturated heterocycles. The van der Waals surface area contributed by atoms with Crippen molar-refractivity contribution in [1.82, 2.24) is 0 Å². The van der Waals surface area contributed by atoms with Gasteiger partial charge in [0.15, 0.2) is 24.4 Å². The maximum Gasteiger partial charge on any atom is 0.220 e. The highest BCUT2D eigenvalue weighted by molar-refractivity contribution is 7.91. The van der Waals surface area contributed by atoms with Gasteiger partial charge in [0.25, 0.3) is 0 Å². The Morgan fingerprint density at radius 1 is 1.13 bits per heavy atom. The van der Waals surface area contributed by atoms with Crippen molar-refractivity contribution < 1.29 is 36.6 Å². The zero-order valence-electron chi connectivity index (χ0n) is 18.9. The first-order chi connectivity index (χ1) is 14.4. The number of methoxy groups -OCH3 is 1. The van der Waals surface area contributed by atoms with Gasteiger partial charge < -0.3 is 23.4 Å². The van der Waals surface area contributed by atoms with Crippen molar-refractivity contribution in [3.63, 3.8) is 0 Å². The number of hydrogen-bond donors (Lipinski definition) is 0. The number of sulfone groups is 1. The van der Waals surface area contributed by atoms with Crippen LogP contribution in [0.25, 0.3) is 0 Å². The molecule has 1 aromatic carbocycles. The van der Waals surface area contributed by atoms with Gasteiger partial charge in [-0.15, -0.1) is 0 Å². The summed E-state index contributed by atoms with van der Waals surface area (Å²) in [5.74, 6) is -0.727. The van der Waals surface area contributed by atoms with E-state index in [1.54, 1.807) is 18.2 Å². The average Bonchev–Trinajstić information content (AvgIpc) is 2.69. The number of carbonyl (C=O) groups excluding carboxylic acids is 1. The first kappa shape index (κ1) is 24.5. The number of Topliss-reactive ketones (excluding diaryl/α,β-unsaturated/α-hetero) is 1. The van der Waals surface area contributed by atoms with E-state index >= 15 is 0 Å². The minimum atomic E-state index is -3.64. The largest absolute Gasteiger partial charge is 0.404 e. The second-order valence-electron chi connectivity index (χ2n) is 9.40. The number of ketones is 1. The highest BCUT2D eigenvalue weighted by Gasteiger charge is 2.53. The summed E-state index contributed by atoms with van der Waals surface area (Å²) in [6.45, 7) is 10.4. The summed E-state index contributed by atoms with van der Waals surface area (Å²) in [5.41, 5.74) is 0. The molecule has 2 aliphatic heterocycles. The maximum absolute atomic E-state index is 13.0. The molecular weight excluding hydrogens is 440 g/mol. The standard InChI is InChI=1S/C21H32O8SSi/c1-21(2,3)31(5,6)29-19-17(22)20(25-4)27-15-12-26-16(28-18(15)19)13-30(23,24)14-10-8-7-9-11-14/h7-11,15-16,18-20H,12-13H2,1-6H3/t15-,16-,18-,19-,20-/m1/s1. The molecule has 174 valence electrons. The second kappa shape index (κ2) is 9.01. The molecule has 10 heteroatoms. The van der Waals surface area contributed by atoms with Crippen LogP contribution < -0.4 is 0 Å². The van der Waals surface area contributed by atoms with Crippen molar-refractivity contribution in [2.45, 2.75) is 74.7 Å². The lowest BCUT2D eigenvalue weighted by atomic mass is 10.00. The number of rotatable bonds is 6. The summed E-state index contributed by atoms with van der Waals surface area (Å²) in [4.78, 5) is 13.2. The van der Waals surface area contributed by atoms with Crippen molar-refractivity contribution >= 4 is 23.9 Å². The van der Waals surface area contributed by atoms with E-state index in [4.69, 9.17) is 23.4 Å². The predicted molar refractivity (Wildman–Crippen MR) is 116 cm³/mol. The Hall–Kier alpha value is -1.14. The van der Waals surface area contributed by atoms with Crippen molar-refractivity contribution in [2.75, 3.05) is 19.5 Å². The molecule has 1 aromatic rings. The van der Waals surface area contributed by atoms with Crippen LogP contribution in [-0.4, -0.2) is 72.9 Å². The SMILES string of the molecule is CO[C@@H]1O[C@@H]2CO[C@@H](CS(=O)(=O)c3ccccc3)O[C@H]2[C@H](O[Si](C)(C)C(C)(C)C)C1=O. The van der Waals surface area contributed by atoms with Gasteiger partial charge in [0.1, 0.15) is 24.1 Å². The summed E-state index contributed by atoms with van der Waals surface area (Å²) >= 11 is 0. The number of fused-ring (bicyclic) bond motifs is 1. The molecule has 3 rings (SSSR count). The van der Waals surface area contributed by atoms with Crippen molar-refractivity contribution in [3.8, 4) is 0 Å². The van der Waals surface area contributed by atoms with Crippen LogP contribution in [0.5, 0.6) is 0 Å². The number of benzene rings is 1. The smallest absolute Gasteiger partial charge is 0.220 e. The number of hydrogen-bond acceptors (Lipinski definition) is 8. The molecule has 2 heterocycles. The van der Waals surface area contributed by atoms with Crippen LogP contribution >= 0.6 is 0 Å². The summed E-state index contributed by atoms with van der Waals surface area (Å²) in [6.07, 6.45) is -4.42. The normalized spacial score (nSPS) is 30.1. The van der Waals surface area contributed by atoms with Crippen LogP contribution in [0.1, 0.15) is 20.8 Å². The lowest BCUT2D eigenvalue weighted by molar-refractivity contribution is -0.307. The monoisotopic (exact) mass is 472 g/mol. The molecule has 0 unspecified atom stereocenters. The Morgan fingerprint density at radius 2 is 1.77 bits per heavy atom. The molecule has 31 heavy (non-hydrogen) atoms. The van der Waals surface area contributed by atoms with E-state index in [9.17, 15) is 13.2 Å². The van der Waals surface area contributed by atoms with Crippen LogP contribution in [0.2, 0.25) is 18.1 Å². The first-order valence-corrected chi connectivity index (χ1v) is 14.9. The highest BCUT2D eigenvalue weighted by Crippen LogP contribution is 2.40. The molecule has 0 saturated carbocycles. The number of ether oxygens (including phenoxy) is 4. The van der Waals surface area contributed by atoms with Crippen LogP contribution in [0.3, 0.4) is 0 Å². The predicted octanol–water partition coefficient (Wildman–Crippen LogP) is 2.53. The molecule has 0 N–H and O–H groups in total. The molecule has 0 radical (unpaired) electrons. The average molecular weight is 473 g/mol. The van der Waals surface area contributed by atoms with Gasteiger partial charge in [0, 0.05) is 7.11 Å². The minimum absolute atomic E-state index is 0.0736. The van der Waals surface area contributed by atoms with Crippen LogP contribution in [0.4, 0.5) is 0 Å². The highest BCUT2D eigenvalue weighted by atomic mass is 32.2. The van der Waals surface area contributed by atoms with Crippen molar-refractivity contribution in [3.05, 3.63) is 30.3 Å². The summed E-state index contributed by atoms with van der Waals surface area (Å²) in [6, 6.07) is 8.12. The Labute approximate surface area is 185 Å². The quantitative estimate of drug-likeness (QED) is 0.583. The topological polar surface area (TPSA) is 97.4 Å². The van der Waals surface area contributed by atoms with E-state index in [1.807, 2.05) is 13.1 Å². The fraction of sp³-hybridized carbons (Fsp3) is 0.667. The van der Waals surface area contributed by atoms with Gasteiger partial charge in [-0.25, -0.2) is 8.42 Å².